The van der Waals surface area contributed by atoms with E-state index in [0.29, 0.717) is 6.04 Å². The molecule has 3 unspecified atom stereocenters. The van der Waals surface area contributed by atoms with Crippen molar-refractivity contribution >= 4 is 11.3 Å². The highest BCUT2D eigenvalue weighted by molar-refractivity contribution is 7.07. The van der Waals surface area contributed by atoms with Crippen LogP contribution in [0.5, 0.6) is 0 Å². The van der Waals surface area contributed by atoms with Crippen molar-refractivity contribution < 1.29 is 4.74 Å². The fraction of sp³-hybridized carbons (Fsp3) is 0.692. The Labute approximate surface area is 101 Å². The van der Waals surface area contributed by atoms with Gasteiger partial charge in [0.2, 0.25) is 0 Å². The normalized spacial score (nSPS) is 35.4. The van der Waals surface area contributed by atoms with Crippen molar-refractivity contribution in [1.82, 2.24) is 5.32 Å². The maximum atomic E-state index is 6.06. The summed E-state index contributed by atoms with van der Waals surface area (Å²) >= 11 is 1.76. The first-order chi connectivity index (χ1) is 7.93. The van der Waals surface area contributed by atoms with Gasteiger partial charge in [0, 0.05) is 12.6 Å². The third kappa shape index (κ3) is 2.17. The van der Waals surface area contributed by atoms with Crippen LogP contribution in [-0.2, 0) is 4.74 Å². The van der Waals surface area contributed by atoms with Crippen LogP contribution in [0.25, 0.3) is 0 Å². The molecule has 2 fully saturated rings. The van der Waals surface area contributed by atoms with E-state index in [9.17, 15) is 0 Å². The Morgan fingerprint density at radius 2 is 2.25 bits per heavy atom. The predicted molar refractivity (Wildman–Crippen MR) is 66.8 cm³/mol. The number of hydrogen-bond acceptors (Lipinski definition) is 3. The summed E-state index contributed by atoms with van der Waals surface area (Å²) in [6.07, 6.45) is 5.72. The molecule has 2 aliphatic rings. The molecule has 1 saturated heterocycles. The maximum absolute atomic E-state index is 6.06. The molecule has 0 amide bonds. The van der Waals surface area contributed by atoms with Crippen LogP contribution < -0.4 is 5.32 Å². The number of thiophene rings is 1. The van der Waals surface area contributed by atoms with E-state index in [-0.39, 0.29) is 6.10 Å². The number of hydrogen-bond donors (Lipinski definition) is 1. The van der Waals surface area contributed by atoms with Crippen LogP contribution in [0.15, 0.2) is 16.8 Å². The molecule has 1 aromatic heterocycles. The lowest BCUT2D eigenvalue weighted by Crippen LogP contribution is -2.38. The molecule has 0 aromatic carbocycles. The summed E-state index contributed by atoms with van der Waals surface area (Å²) in [6.45, 7) is 1.93. The van der Waals surface area contributed by atoms with E-state index < -0.39 is 0 Å². The summed E-state index contributed by atoms with van der Waals surface area (Å²) in [5.74, 6) is 0.748. The average molecular weight is 237 g/mol. The first-order valence-corrected chi connectivity index (χ1v) is 7.25. The number of rotatable bonds is 1. The van der Waals surface area contributed by atoms with Gasteiger partial charge >= 0.3 is 0 Å². The lowest BCUT2D eigenvalue weighted by molar-refractivity contribution is 0.0403. The van der Waals surface area contributed by atoms with E-state index in [1.807, 2.05) is 0 Å². The summed E-state index contributed by atoms with van der Waals surface area (Å²) in [5, 5.41) is 8.05. The molecule has 1 N–H and O–H groups in total. The van der Waals surface area contributed by atoms with Gasteiger partial charge in [-0.05, 0) is 41.1 Å². The van der Waals surface area contributed by atoms with Gasteiger partial charge in [-0.2, -0.15) is 11.3 Å². The second kappa shape index (κ2) is 4.86. The summed E-state index contributed by atoms with van der Waals surface area (Å²) in [7, 11) is 0. The Balaban J connectivity index is 1.68. The number of ether oxygens (including phenoxy) is 1. The largest absolute Gasteiger partial charge is 0.372 e. The minimum atomic E-state index is 0.275. The van der Waals surface area contributed by atoms with Gasteiger partial charge in [-0.1, -0.05) is 12.8 Å². The van der Waals surface area contributed by atoms with Crippen LogP contribution in [0, 0.1) is 5.92 Å². The molecule has 1 aromatic rings. The van der Waals surface area contributed by atoms with Crippen LogP contribution in [0.2, 0.25) is 0 Å². The first-order valence-electron chi connectivity index (χ1n) is 6.30. The zero-order chi connectivity index (χ0) is 10.8. The lowest BCUT2D eigenvalue weighted by atomic mass is 9.85. The molecular weight excluding hydrogens is 218 g/mol. The standard InChI is InChI=1S/C13H19NOS/c1-2-4-12-10(3-1)8-15-13(7-14-12)11-5-6-16-9-11/h5-6,9-10,12-14H,1-4,7-8H2. The average Bonchev–Trinajstić information content (AvgIpc) is 2.76. The first kappa shape index (κ1) is 10.8. The van der Waals surface area contributed by atoms with Gasteiger partial charge in [0.25, 0.3) is 0 Å². The summed E-state index contributed by atoms with van der Waals surface area (Å²) in [6, 6.07) is 2.89. The Morgan fingerprint density at radius 3 is 3.12 bits per heavy atom. The molecule has 3 heteroatoms. The van der Waals surface area contributed by atoms with Crippen molar-refractivity contribution in [3.63, 3.8) is 0 Å². The topological polar surface area (TPSA) is 21.3 Å². The van der Waals surface area contributed by atoms with Gasteiger partial charge in [0.1, 0.15) is 0 Å². The summed E-state index contributed by atoms with van der Waals surface area (Å²) < 4.78 is 6.06. The van der Waals surface area contributed by atoms with Crippen LogP contribution in [0.3, 0.4) is 0 Å². The Morgan fingerprint density at radius 1 is 1.31 bits per heavy atom. The van der Waals surface area contributed by atoms with Crippen molar-refractivity contribution in [1.29, 1.82) is 0 Å². The third-order valence-corrected chi connectivity index (χ3v) is 4.60. The fourth-order valence-corrected chi connectivity index (χ4v) is 3.61. The molecule has 0 spiro atoms. The molecule has 0 radical (unpaired) electrons. The summed E-state index contributed by atoms with van der Waals surface area (Å²) in [4.78, 5) is 0. The minimum absolute atomic E-state index is 0.275. The Kier molecular flexibility index (Phi) is 3.27. The van der Waals surface area contributed by atoms with Gasteiger partial charge in [-0.15, -0.1) is 0 Å². The van der Waals surface area contributed by atoms with Gasteiger partial charge in [-0.25, -0.2) is 0 Å². The molecular formula is C13H19NOS. The van der Waals surface area contributed by atoms with Crippen molar-refractivity contribution in [2.75, 3.05) is 13.2 Å². The molecule has 1 aliphatic heterocycles. The SMILES string of the molecule is c1cc(C2CNC3CCCCC3CO2)cs1. The van der Waals surface area contributed by atoms with Crippen molar-refractivity contribution in [2.24, 2.45) is 5.92 Å². The van der Waals surface area contributed by atoms with Crippen molar-refractivity contribution in [3.8, 4) is 0 Å². The molecule has 2 nitrogen and oxygen atoms in total. The van der Waals surface area contributed by atoms with Crippen molar-refractivity contribution in [2.45, 2.75) is 37.8 Å². The third-order valence-electron chi connectivity index (χ3n) is 3.90. The highest BCUT2D eigenvalue weighted by Crippen LogP contribution is 2.30. The smallest absolute Gasteiger partial charge is 0.0957 e. The van der Waals surface area contributed by atoms with Gasteiger partial charge in [0.15, 0.2) is 0 Å². The molecule has 0 bridgehead atoms. The number of fused-ring (bicyclic) bond motifs is 1. The molecule has 1 saturated carbocycles. The molecule has 1 aliphatic carbocycles. The van der Waals surface area contributed by atoms with Crippen LogP contribution in [0.1, 0.15) is 37.4 Å². The zero-order valence-corrected chi connectivity index (χ0v) is 10.3. The van der Waals surface area contributed by atoms with E-state index >= 15 is 0 Å². The highest BCUT2D eigenvalue weighted by Gasteiger charge is 2.29. The van der Waals surface area contributed by atoms with E-state index in [0.717, 1.165) is 19.1 Å². The lowest BCUT2D eigenvalue weighted by Gasteiger charge is -2.29. The second-order valence-corrected chi connectivity index (χ2v) is 5.72. The predicted octanol–water partition coefficient (Wildman–Crippen LogP) is 2.97. The Hall–Kier alpha value is -0.380. The molecule has 3 atom stereocenters. The highest BCUT2D eigenvalue weighted by atomic mass is 32.1. The van der Waals surface area contributed by atoms with E-state index in [1.165, 1.54) is 31.2 Å². The van der Waals surface area contributed by atoms with E-state index in [1.54, 1.807) is 11.3 Å². The molecule has 3 rings (SSSR count). The van der Waals surface area contributed by atoms with Gasteiger partial charge in [0.05, 0.1) is 12.7 Å². The fourth-order valence-electron chi connectivity index (χ4n) is 2.91. The monoisotopic (exact) mass is 237 g/mol. The van der Waals surface area contributed by atoms with Crippen molar-refractivity contribution in [3.05, 3.63) is 22.4 Å². The second-order valence-electron chi connectivity index (χ2n) is 4.94. The van der Waals surface area contributed by atoms with Crippen LogP contribution in [0.4, 0.5) is 0 Å². The minimum Gasteiger partial charge on any atom is -0.372 e. The quantitative estimate of drug-likeness (QED) is 0.811. The van der Waals surface area contributed by atoms with Gasteiger partial charge < -0.3 is 10.1 Å². The Bertz CT molecular complexity index is 309. The molecule has 2 heterocycles. The van der Waals surface area contributed by atoms with Gasteiger partial charge in [-0.3, -0.25) is 0 Å². The maximum Gasteiger partial charge on any atom is 0.0957 e. The van der Waals surface area contributed by atoms with E-state index in [2.05, 4.69) is 22.1 Å². The number of nitrogens with one attached hydrogen (secondary N) is 1. The zero-order valence-electron chi connectivity index (χ0n) is 9.52. The van der Waals surface area contributed by atoms with E-state index in [4.69, 9.17) is 4.74 Å². The summed E-state index contributed by atoms with van der Waals surface area (Å²) in [5.41, 5.74) is 1.34. The van der Waals surface area contributed by atoms with Crippen LogP contribution >= 0.6 is 11.3 Å². The molecule has 88 valence electrons. The van der Waals surface area contributed by atoms with Crippen LogP contribution in [-0.4, -0.2) is 19.2 Å². The molecule has 16 heavy (non-hydrogen) atoms.